The molecule has 1 aromatic heterocycles. The van der Waals surface area contributed by atoms with E-state index in [0.29, 0.717) is 29.8 Å². The number of primary amides is 1. The number of carbonyl (C=O) groups excluding carboxylic acids is 2. The highest BCUT2D eigenvalue weighted by atomic mass is 19.1. The van der Waals surface area contributed by atoms with Gasteiger partial charge in [0.1, 0.15) is 11.4 Å². The van der Waals surface area contributed by atoms with Gasteiger partial charge in [0, 0.05) is 32.1 Å². The Bertz CT molecular complexity index is 1190. The van der Waals surface area contributed by atoms with Crippen LogP contribution in [0.3, 0.4) is 0 Å². The molecule has 2 N–H and O–H groups in total. The molecule has 2 aromatic carbocycles. The van der Waals surface area contributed by atoms with Crippen LogP contribution < -0.4 is 5.73 Å². The molecule has 0 radical (unpaired) electrons. The Morgan fingerprint density at radius 3 is 2.53 bits per heavy atom. The second kappa shape index (κ2) is 9.37. The van der Waals surface area contributed by atoms with Gasteiger partial charge in [-0.25, -0.2) is 4.39 Å². The van der Waals surface area contributed by atoms with Gasteiger partial charge in [0.25, 0.3) is 0 Å². The van der Waals surface area contributed by atoms with Gasteiger partial charge >= 0.3 is 0 Å². The summed E-state index contributed by atoms with van der Waals surface area (Å²) in [6.45, 7) is 4.21. The van der Waals surface area contributed by atoms with Gasteiger partial charge in [0.05, 0.1) is 12.1 Å². The van der Waals surface area contributed by atoms with Crippen LogP contribution in [0.25, 0.3) is 0 Å². The van der Waals surface area contributed by atoms with Crippen molar-refractivity contribution < 1.29 is 14.0 Å². The normalized spacial score (nSPS) is 20.1. The molecule has 2 atom stereocenters. The highest BCUT2D eigenvalue weighted by molar-refractivity contribution is 5.93. The van der Waals surface area contributed by atoms with Crippen molar-refractivity contribution in [2.75, 3.05) is 6.54 Å². The molecule has 0 bridgehead atoms. The molecule has 1 fully saturated rings. The molecule has 2 amide bonds. The smallest absolute Gasteiger partial charge is 0.244 e. The van der Waals surface area contributed by atoms with Crippen LogP contribution in [-0.2, 0) is 29.5 Å². The summed E-state index contributed by atoms with van der Waals surface area (Å²) >= 11 is 0. The molecule has 2 heterocycles. The van der Waals surface area contributed by atoms with E-state index < -0.39 is 17.4 Å². The number of aromatic nitrogens is 3. The van der Waals surface area contributed by atoms with Crippen LogP contribution in [0.1, 0.15) is 54.5 Å². The van der Waals surface area contributed by atoms with E-state index in [2.05, 4.69) is 10.3 Å². The Labute approximate surface area is 198 Å². The van der Waals surface area contributed by atoms with Gasteiger partial charge in [-0.3, -0.25) is 14.3 Å². The Balaban J connectivity index is 1.78. The minimum atomic E-state index is -1.33. The maximum atomic E-state index is 15.0. The molecule has 1 aliphatic heterocycles. The third-order valence-corrected chi connectivity index (χ3v) is 6.78. The highest BCUT2D eigenvalue weighted by Crippen LogP contribution is 2.45. The lowest BCUT2D eigenvalue weighted by molar-refractivity contribution is -0.143. The predicted octanol–water partition coefficient (Wildman–Crippen LogP) is 3.10. The van der Waals surface area contributed by atoms with Gasteiger partial charge in [-0.15, -0.1) is 5.10 Å². The fourth-order valence-electron chi connectivity index (χ4n) is 5.15. The zero-order valence-corrected chi connectivity index (χ0v) is 19.7. The topological polar surface area (TPSA) is 94.1 Å². The maximum Gasteiger partial charge on any atom is 0.244 e. The van der Waals surface area contributed by atoms with Crippen molar-refractivity contribution in [2.45, 2.75) is 50.5 Å². The highest BCUT2D eigenvalue weighted by Gasteiger charge is 2.55. The van der Waals surface area contributed by atoms with E-state index in [9.17, 15) is 14.0 Å². The molecule has 3 aromatic rings. The number of rotatable bonds is 7. The van der Waals surface area contributed by atoms with Crippen LogP contribution >= 0.6 is 0 Å². The molecular weight excluding hydrogens is 433 g/mol. The van der Waals surface area contributed by atoms with Crippen molar-refractivity contribution in [1.29, 1.82) is 0 Å². The van der Waals surface area contributed by atoms with E-state index in [1.54, 1.807) is 24.2 Å². The van der Waals surface area contributed by atoms with E-state index in [1.165, 1.54) is 10.7 Å². The number of likely N-dealkylation sites (tertiary alicyclic amines) is 1. The number of hydrogen-bond acceptors (Lipinski definition) is 4. The molecule has 8 heteroatoms. The van der Waals surface area contributed by atoms with E-state index in [1.807, 2.05) is 50.2 Å². The zero-order valence-electron chi connectivity index (χ0n) is 19.7. The Morgan fingerprint density at radius 2 is 1.94 bits per heavy atom. The first-order valence-corrected chi connectivity index (χ1v) is 11.5. The Kier molecular flexibility index (Phi) is 6.50. The molecule has 4 rings (SSSR count). The number of amides is 2. The number of nitrogens with two attached hydrogens (primary N) is 1. The number of nitrogens with zero attached hydrogens (tertiary/aromatic N) is 4. The summed E-state index contributed by atoms with van der Waals surface area (Å²) in [5, 5.41) is 7.91. The summed E-state index contributed by atoms with van der Waals surface area (Å²) < 4.78 is 16.5. The maximum absolute atomic E-state index is 15.0. The van der Waals surface area contributed by atoms with Gasteiger partial charge in [-0.1, -0.05) is 61.5 Å². The molecule has 178 valence electrons. The summed E-state index contributed by atoms with van der Waals surface area (Å²) in [5.74, 6) is -1.56. The zero-order chi connectivity index (χ0) is 24.5. The third kappa shape index (κ3) is 4.32. The third-order valence-electron chi connectivity index (χ3n) is 6.78. The molecule has 1 aliphatic rings. The SMILES string of the molecule is CC(C)c1ccc(C2CCN(C(=O)Cc3cn(C)nn3)C2(Cc2ccccc2)C(N)=O)cc1F. The first-order valence-electron chi connectivity index (χ1n) is 11.5. The number of aryl methyl sites for hydroxylation is 1. The summed E-state index contributed by atoms with van der Waals surface area (Å²) in [5.41, 5.74) is 7.45. The molecule has 2 unspecified atom stereocenters. The Morgan fingerprint density at radius 1 is 1.21 bits per heavy atom. The van der Waals surface area contributed by atoms with Crippen molar-refractivity contribution in [1.82, 2.24) is 19.9 Å². The van der Waals surface area contributed by atoms with Crippen LogP contribution in [0.2, 0.25) is 0 Å². The van der Waals surface area contributed by atoms with E-state index >= 15 is 0 Å². The lowest BCUT2D eigenvalue weighted by atomic mass is 9.74. The number of benzene rings is 2. The van der Waals surface area contributed by atoms with Gasteiger partial charge in [-0.2, -0.15) is 0 Å². The second-order valence-corrected chi connectivity index (χ2v) is 9.33. The van der Waals surface area contributed by atoms with Crippen molar-refractivity contribution in [2.24, 2.45) is 12.8 Å². The fourth-order valence-corrected chi connectivity index (χ4v) is 5.15. The van der Waals surface area contributed by atoms with Gasteiger partial charge in [0.15, 0.2) is 0 Å². The predicted molar refractivity (Wildman–Crippen MR) is 126 cm³/mol. The summed E-state index contributed by atoms with van der Waals surface area (Å²) in [6, 6.07) is 14.6. The van der Waals surface area contributed by atoms with Crippen molar-refractivity contribution in [3.05, 3.63) is 82.9 Å². The van der Waals surface area contributed by atoms with Crippen LogP contribution in [0.5, 0.6) is 0 Å². The van der Waals surface area contributed by atoms with Crippen molar-refractivity contribution in [3.63, 3.8) is 0 Å². The van der Waals surface area contributed by atoms with E-state index in [4.69, 9.17) is 5.73 Å². The first kappa shape index (κ1) is 23.6. The minimum Gasteiger partial charge on any atom is -0.368 e. The molecular formula is C26H30FN5O2. The Hall–Kier alpha value is -3.55. The van der Waals surface area contributed by atoms with Crippen LogP contribution in [-0.4, -0.2) is 43.8 Å². The van der Waals surface area contributed by atoms with E-state index in [0.717, 1.165) is 5.56 Å². The summed E-state index contributed by atoms with van der Waals surface area (Å²) in [7, 11) is 1.73. The van der Waals surface area contributed by atoms with Gasteiger partial charge in [-0.05, 0) is 35.1 Å². The average Bonchev–Trinajstić information content (AvgIpc) is 3.38. The molecule has 1 saturated heterocycles. The lowest BCUT2D eigenvalue weighted by Crippen LogP contribution is -2.60. The number of carbonyl (C=O) groups is 2. The fraction of sp³-hybridized carbons (Fsp3) is 0.385. The minimum absolute atomic E-state index is 0.00499. The van der Waals surface area contributed by atoms with Gasteiger partial charge < -0.3 is 10.6 Å². The number of halogens is 1. The summed E-state index contributed by atoms with van der Waals surface area (Å²) in [4.78, 5) is 28.3. The molecule has 0 saturated carbocycles. The van der Waals surface area contributed by atoms with E-state index in [-0.39, 0.29) is 30.5 Å². The monoisotopic (exact) mass is 463 g/mol. The van der Waals surface area contributed by atoms with Gasteiger partial charge in [0.2, 0.25) is 11.8 Å². The standard InChI is InChI=1S/C26H30FN5O2/c1-17(2)21-10-9-19(13-23(21)27)22-11-12-32(24(33)14-20-16-31(3)30-29-20)26(22,25(28)34)15-18-7-5-4-6-8-18/h4-10,13,16-17,22H,11-12,14-15H2,1-3H3,(H2,28,34). The van der Waals surface area contributed by atoms with Crippen LogP contribution in [0.4, 0.5) is 4.39 Å². The second-order valence-electron chi connectivity index (χ2n) is 9.33. The van der Waals surface area contributed by atoms with Crippen LogP contribution in [0, 0.1) is 5.82 Å². The van der Waals surface area contributed by atoms with Crippen molar-refractivity contribution in [3.8, 4) is 0 Å². The number of hydrogen-bond donors (Lipinski definition) is 1. The molecule has 0 spiro atoms. The lowest BCUT2D eigenvalue weighted by Gasteiger charge is -2.40. The van der Waals surface area contributed by atoms with Crippen LogP contribution in [0.15, 0.2) is 54.7 Å². The summed E-state index contributed by atoms with van der Waals surface area (Å²) in [6.07, 6.45) is 2.43. The molecule has 0 aliphatic carbocycles. The molecule has 34 heavy (non-hydrogen) atoms. The quantitative estimate of drug-likeness (QED) is 0.583. The first-order chi connectivity index (χ1) is 16.2. The van der Waals surface area contributed by atoms with Crippen molar-refractivity contribution >= 4 is 11.8 Å². The molecule has 7 nitrogen and oxygen atoms in total. The average molecular weight is 464 g/mol. The largest absolute Gasteiger partial charge is 0.368 e.